The van der Waals surface area contributed by atoms with Crippen molar-refractivity contribution in [2.45, 2.75) is 11.1 Å². The van der Waals surface area contributed by atoms with Crippen LogP contribution < -0.4 is 13.9 Å². The van der Waals surface area contributed by atoms with Gasteiger partial charge in [0.05, 0.1) is 23.3 Å². The number of benzene rings is 3. The first kappa shape index (κ1) is 27.2. The van der Waals surface area contributed by atoms with Gasteiger partial charge >= 0.3 is 6.18 Å². The van der Waals surface area contributed by atoms with Gasteiger partial charge in [0, 0.05) is 31.9 Å². The van der Waals surface area contributed by atoms with E-state index in [4.69, 9.17) is 4.74 Å². The Morgan fingerprint density at radius 2 is 1.58 bits per heavy atom. The van der Waals surface area contributed by atoms with Gasteiger partial charge in [-0.1, -0.05) is 6.07 Å². The van der Waals surface area contributed by atoms with E-state index < -0.39 is 40.0 Å². The molecule has 0 saturated carbocycles. The predicted molar refractivity (Wildman–Crippen MR) is 134 cm³/mol. The summed E-state index contributed by atoms with van der Waals surface area (Å²) in [7, 11) is -2.76. The zero-order chi connectivity index (χ0) is 27.5. The molecule has 0 atom stereocenters. The van der Waals surface area contributed by atoms with E-state index in [2.05, 4.69) is 0 Å². The van der Waals surface area contributed by atoms with E-state index in [1.165, 1.54) is 54.5 Å². The summed E-state index contributed by atoms with van der Waals surface area (Å²) in [6.45, 7) is 0.386. The Balaban J connectivity index is 1.51. The minimum atomic E-state index is -4.47. The van der Waals surface area contributed by atoms with Crippen molar-refractivity contribution in [2.24, 2.45) is 0 Å². The van der Waals surface area contributed by atoms with Gasteiger partial charge in [-0.15, -0.1) is 0 Å². The van der Waals surface area contributed by atoms with Gasteiger partial charge in [-0.2, -0.15) is 13.2 Å². The third-order valence-electron chi connectivity index (χ3n) is 6.21. The molecule has 1 heterocycles. The van der Waals surface area contributed by atoms with Crippen LogP contribution >= 0.6 is 0 Å². The SMILES string of the molecule is COc1ccc(S(=O)(=O)N(CC(=O)N2CCN(c3cccc(C(F)(F)F)c3)CC2)c2ccc(F)cc2)cc1. The first-order chi connectivity index (χ1) is 18.0. The number of carbonyl (C=O) groups is 1. The third kappa shape index (κ3) is 6.01. The van der Waals surface area contributed by atoms with Crippen molar-refractivity contribution in [3.63, 3.8) is 0 Å². The Labute approximate surface area is 217 Å². The Morgan fingerprint density at radius 3 is 2.16 bits per heavy atom. The van der Waals surface area contributed by atoms with Crippen LogP contribution in [0.25, 0.3) is 0 Å². The highest BCUT2D eigenvalue weighted by molar-refractivity contribution is 7.92. The molecule has 1 aliphatic rings. The summed E-state index contributed by atoms with van der Waals surface area (Å²) in [5, 5.41) is 0. The summed E-state index contributed by atoms with van der Waals surface area (Å²) in [5.74, 6) is -0.602. The van der Waals surface area contributed by atoms with E-state index in [1.807, 2.05) is 0 Å². The Morgan fingerprint density at radius 1 is 0.947 bits per heavy atom. The number of amides is 1. The molecule has 0 aromatic heterocycles. The minimum Gasteiger partial charge on any atom is -0.497 e. The number of hydrogen-bond donors (Lipinski definition) is 0. The van der Waals surface area contributed by atoms with Crippen LogP contribution in [0, 0.1) is 5.82 Å². The maximum Gasteiger partial charge on any atom is 0.416 e. The minimum absolute atomic E-state index is 0.0789. The quantitative estimate of drug-likeness (QED) is 0.408. The molecular weight excluding hydrogens is 526 g/mol. The molecule has 3 aromatic rings. The highest BCUT2D eigenvalue weighted by Crippen LogP contribution is 2.32. The van der Waals surface area contributed by atoms with Crippen molar-refractivity contribution in [1.29, 1.82) is 0 Å². The van der Waals surface area contributed by atoms with Crippen molar-refractivity contribution >= 4 is 27.3 Å². The van der Waals surface area contributed by atoms with E-state index in [9.17, 15) is 30.8 Å². The third-order valence-corrected chi connectivity index (χ3v) is 8.00. The number of anilines is 2. The molecule has 1 fully saturated rings. The second-order valence-corrected chi connectivity index (χ2v) is 10.4. The summed E-state index contributed by atoms with van der Waals surface area (Å²) in [6, 6.07) is 15.4. The molecule has 0 aliphatic carbocycles. The number of methoxy groups -OCH3 is 1. The topological polar surface area (TPSA) is 70.2 Å². The Hall–Kier alpha value is -3.80. The number of hydrogen-bond acceptors (Lipinski definition) is 5. The number of alkyl halides is 3. The second kappa shape index (κ2) is 10.9. The highest BCUT2D eigenvalue weighted by Gasteiger charge is 2.32. The van der Waals surface area contributed by atoms with Crippen molar-refractivity contribution in [1.82, 2.24) is 4.90 Å². The maximum atomic E-state index is 13.5. The van der Waals surface area contributed by atoms with Gasteiger partial charge in [0.15, 0.2) is 0 Å². The molecule has 3 aromatic carbocycles. The molecule has 0 N–H and O–H groups in total. The lowest BCUT2D eigenvalue weighted by molar-refractivity contribution is -0.137. The monoisotopic (exact) mass is 551 g/mol. The fourth-order valence-electron chi connectivity index (χ4n) is 4.11. The number of piperazine rings is 1. The van der Waals surface area contributed by atoms with Gasteiger partial charge in [-0.25, -0.2) is 12.8 Å². The number of nitrogens with zero attached hydrogens (tertiary/aromatic N) is 3. The molecule has 1 saturated heterocycles. The number of ether oxygens (including phenoxy) is 1. The summed E-state index contributed by atoms with van der Waals surface area (Å²) in [4.78, 5) is 16.3. The number of rotatable bonds is 7. The molecule has 0 spiro atoms. The van der Waals surface area contributed by atoms with Crippen LogP contribution in [0.5, 0.6) is 5.75 Å². The first-order valence-electron chi connectivity index (χ1n) is 11.6. The molecule has 0 radical (unpaired) electrons. The van der Waals surface area contributed by atoms with Crippen LogP contribution in [0.2, 0.25) is 0 Å². The number of carbonyl (C=O) groups excluding carboxylic acids is 1. The molecule has 4 rings (SSSR count). The van der Waals surface area contributed by atoms with Gasteiger partial charge < -0.3 is 14.5 Å². The normalized spacial score (nSPS) is 14.3. The van der Waals surface area contributed by atoms with Crippen LogP contribution in [0.3, 0.4) is 0 Å². The van der Waals surface area contributed by atoms with Gasteiger partial charge in [0.2, 0.25) is 5.91 Å². The smallest absolute Gasteiger partial charge is 0.416 e. The van der Waals surface area contributed by atoms with Crippen LogP contribution in [0.4, 0.5) is 28.9 Å². The molecule has 1 aliphatic heterocycles. The molecule has 202 valence electrons. The fraction of sp³-hybridized carbons (Fsp3) is 0.269. The zero-order valence-corrected chi connectivity index (χ0v) is 21.2. The number of sulfonamides is 1. The van der Waals surface area contributed by atoms with Crippen molar-refractivity contribution < 1.29 is 35.5 Å². The summed E-state index contributed by atoms with van der Waals surface area (Å²) < 4.78 is 85.8. The Kier molecular flexibility index (Phi) is 7.81. The van der Waals surface area contributed by atoms with Crippen LogP contribution in [-0.2, 0) is 21.0 Å². The van der Waals surface area contributed by atoms with Gasteiger partial charge in [0.1, 0.15) is 18.1 Å². The van der Waals surface area contributed by atoms with Gasteiger partial charge in [-0.05, 0) is 66.7 Å². The average Bonchev–Trinajstić information content (AvgIpc) is 2.92. The van der Waals surface area contributed by atoms with Crippen LogP contribution in [-0.4, -0.2) is 59.1 Å². The molecule has 7 nitrogen and oxygen atoms in total. The van der Waals surface area contributed by atoms with Crippen molar-refractivity contribution in [2.75, 3.05) is 49.0 Å². The van der Waals surface area contributed by atoms with Crippen molar-refractivity contribution in [3.8, 4) is 5.75 Å². The fourth-order valence-corrected chi connectivity index (χ4v) is 5.53. The largest absolute Gasteiger partial charge is 0.497 e. The van der Waals surface area contributed by atoms with Crippen molar-refractivity contribution in [3.05, 3.63) is 84.2 Å². The molecule has 0 bridgehead atoms. The lowest BCUT2D eigenvalue weighted by Gasteiger charge is -2.37. The van der Waals surface area contributed by atoms with E-state index in [-0.39, 0.29) is 36.8 Å². The van der Waals surface area contributed by atoms with E-state index >= 15 is 0 Å². The summed E-state index contributed by atoms with van der Waals surface area (Å²) >= 11 is 0. The van der Waals surface area contributed by atoms with E-state index in [0.29, 0.717) is 11.4 Å². The second-order valence-electron chi connectivity index (χ2n) is 8.58. The summed E-state index contributed by atoms with van der Waals surface area (Å²) in [5.41, 5.74) is -0.257. The standard InChI is InChI=1S/C26H25F4N3O4S/c1-37-23-9-11-24(12-10-23)38(35,36)33(21-7-5-20(27)6-8-21)18-25(34)32-15-13-31(14-16-32)22-4-2-3-19(17-22)26(28,29)30/h2-12,17H,13-16,18H2,1H3. The maximum absolute atomic E-state index is 13.5. The molecule has 38 heavy (non-hydrogen) atoms. The molecule has 1 amide bonds. The average molecular weight is 552 g/mol. The Bertz CT molecular complexity index is 1370. The van der Waals surface area contributed by atoms with Crippen LogP contribution in [0.15, 0.2) is 77.7 Å². The summed E-state index contributed by atoms with van der Waals surface area (Å²) in [6.07, 6.45) is -4.47. The lowest BCUT2D eigenvalue weighted by atomic mass is 10.1. The predicted octanol–water partition coefficient (Wildman–Crippen LogP) is 4.40. The van der Waals surface area contributed by atoms with Crippen LogP contribution in [0.1, 0.15) is 5.56 Å². The molecule has 0 unspecified atom stereocenters. The van der Waals surface area contributed by atoms with E-state index in [0.717, 1.165) is 28.6 Å². The van der Waals surface area contributed by atoms with E-state index in [1.54, 1.807) is 11.0 Å². The van der Waals surface area contributed by atoms with Gasteiger partial charge in [-0.3, -0.25) is 9.10 Å². The first-order valence-corrected chi connectivity index (χ1v) is 13.1. The molecule has 12 heteroatoms. The number of halogens is 4. The zero-order valence-electron chi connectivity index (χ0n) is 20.4. The lowest BCUT2D eigenvalue weighted by Crippen LogP contribution is -2.52. The molecular formula is C26H25F4N3O4S. The van der Waals surface area contributed by atoms with Gasteiger partial charge in [0.25, 0.3) is 10.0 Å². The highest BCUT2D eigenvalue weighted by atomic mass is 32.2.